The predicted octanol–water partition coefficient (Wildman–Crippen LogP) is 0.569. The van der Waals surface area contributed by atoms with Crippen molar-refractivity contribution in [3.8, 4) is 0 Å². The number of carbonyl (C=O) groups excluding carboxylic acids is 1. The molecule has 0 saturated carbocycles. The van der Waals surface area contributed by atoms with Crippen molar-refractivity contribution in [3.63, 3.8) is 0 Å². The van der Waals surface area contributed by atoms with Gasteiger partial charge in [0, 0.05) is 32.1 Å². The van der Waals surface area contributed by atoms with Crippen molar-refractivity contribution in [1.82, 2.24) is 25.0 Å². The maximum atomic E-state index is 11.4. The number of nitrogens with one attached hydrogen (secondary N) is 1. The number of carbonyl (C=O) groups is 1. The lowest BCUT2D eigenvalue weighted by Gasteiger charge is -2.30. The second kappa shape index (κ2) is 5.48. The van der Waals surface area contributed by atoms with E-state index in [4.69, 9.17) is 0 Å². The van der Waals surface area contributed by atoms with Crippen LogP contribution in [0, 0.1) is 0 Å². The van der Waals surface area contributed by atoms with E-state index >= 15 is 0 Å². The number of piperidine rings is 1. The Morgan fingerprint density at radius 1 is 1.56 bits per heavy atom. The molecule has 18 heavy (non-hydrogen) atoms. The van der Waals surface area contributed by atoms with Crippen LogP contribution in [0.1, 0.15) is 38.6 Å². The molecule has 6 nitrogen and oxygen atoms in total. The summed E-state index contributed by atoms with van der Waals surface area (Å²) < 4.78 is 1.92. The van der Waals surface area contributed by atoms with Crippen molar-refractivity contribution < 1.29 is 4.79 Å². The van der Waals surface area contributed by atoms with Gasteiger partial charge in [0.05, 0.1) is 6.54 Å². The number of nitrogens with zero attached hydrogens (tertiary/aromatic N) is 4. The van der Waals surface area contributed by atoms with Gasteiger partial charge in [-0.1, -0.05) is 0 Å². The number of hydrogen-bond acceptors (Lipinski definition) is 4. The summed E-state index contributed by atoms with van der Waals surface area (Å²) in [5.41, 5.74) is 0. The molecule has 0 aromatic carbocycles. The molecule has 1 amide bonds. The van der Waals surface area contributed by atoms with Crippen LogP contribution < -0.4 is 5.32 Å². The molecule has 1 atom stereocenters. The first kappa shape index (κ1) is 13.0. The molecule has 0 aliphatic carbocycles. The molecule has 1 N–H and O–H groups in total. The Morgan fingerprint density at radius 3 is 3.00 bits per heavy atom. The van der Waals surface area contributed by atoms with Gasteiger partial charge in [-0.05, 0) is 20.3 Å². The minimum atomic E-state index is 0.235. The van der Waals surface area contributed by atoms with Crippen LogP contribution in [0.4, 0.5) is 0 Å². The molecule has 1 aromatic rings. The first-order valence-corrected chi connectivity index (χ1v) is 6.43. The molecule has 0 radical (unpaired) electrons. The molecule has 0 bridgehead atoms. The summed E-state index contributed by atoms with van der Waals surface area (Å²) >= 11 is 0. The summed E-state index contributed by atoms with van der Waals surface area (Å²) in [5.74, 6) is 1.18. The van der Waals surface area contributed by atoms with Crippen molar-refractivity contribution >= 4 is 5.91 Å². The van der Waals surface area contributed by atoms with Gasteiger partial charge in [0.25, 0.3) is 0 Å². The smallest absolute Gasteiger partial charge is 0.222 e. The van der Waals surface area contributed by atoms with Gasteiger partial charge in [0.2, 0.25) is 5.91 Å². The van der Waals surface area contributed by atoms with Gasteiger partial charge >= 0.3 is 0 Å². The van der Waals surface area contributed by atoms with E-state index in [2.05, 4.69) is 29.2 Å². The van der Waals surface area contributed by atoms with Crippen LogP contribution in [0.2, 0.25) is 0 Å². The Balaban J connectivity index is 1.88. The van der Waals surface area contributed by atoms with Gasteiger partial charge in [-0.15, -0.1) is 0 Å². The molecule has 1 unspecified atom stereocenters. The fourth-order valence-electron chi connectivity index (χ4n) is 2.25. The summed E-state index contributed by atoms with van der Waals surface area (Å²) in [5, 5.41) is 7.66. The highest BCUT2D eigenvalue weighted by molar-refractivity contribution is 5.76. The maximum Gasteiger partial charge on any atom is 0.222 e. The Bertz CT molecular complexity index is 414. The molecule has 100 valence electrons. The lowest BCUT2D eigenvalue weighted by molar-refractivity contribution is -0.132. The van der Waals surface area contributed by atoms with Crippen LogP contribution in [0.5, 0.6) is 0 Å². The third kappa shape index (κ3) is 2.87. The van der Waals surface area contributed by atoms with E-state index in [1.54, 1.807) is 11.2 Å². The van der Waals surface area contributed by atoms with E-state index < -0.39 is 0 Å². The zero-order valence-corrected chi connectivity index (χ0v) is 11.3. The Morgan fingerprint density at radius 2 is 2.33 bits per heavy atom. The minimum Gasteiger partial charge on any atom is -0.344 e. The number of rotatable bonds is 4. The summed E-state index contributed by atoms with van der Waals surface area (Å²) in [4.78, 5) is 17.4. The van der Waals surface area contributed by atoms with Crippen LogP contribution in [-0.4, -0.2) is 45.2 Å². The van der Waals surface area contributed by atoms with Crippen LogP contribution in [0.15, 0.2) is 6.33 Å². The maximum absolute atomic E-state index is 11.4. The van der Waals surface area contributed by atoms with Crippen LogP contribution in [0.25, 0.3) is 0 Å². The van der Waals surface area contributed by atoms with Crippen LogP contribution >= 0.6 is 0 Å². The number of hydrogen-bond donors (Lipinski definition) is 1. The molecule has 0 spiro atoms. The van der Waals surface area contributed by atoms with E-state index in [1.807, 2.05) is 11.7 Å². The Hall–Kier alpha value is -1.43. The first-order chi connectivity index (χ1) is 8.58. The standard InChI is InChI=1S/C12H21N5O/c1-9(2)17-11(14-8-15-17)6-13-10-4-5-12(18)16(3)7-10/h8-10,13H,4-7H2,1-3H3. The molecule has 2 heterocycles. The zero-order valence-electron chi connectivity index (χ0n) is 11.3. The predicted molar refractivity (Wildman–Crippen MR) is 67.9 cm³/mol. The van der Waals surface area contributed by atoms with Crippen molar-refractivity contribution in [2.24, 2.45) is 0 Å². The SMILES string of the molecule is CC(C)n1ncnc1CNC1CCC(=O)N(C)C1. The van der Waals surface area contributed by atoms with E-state index in [0.29, 0.717) is 25.0 Å². The van der Waals surface area contributed by atoms with Gasteiger partial charge in [-0.2, -0.15) is 5.10 Å². The highest BCUT2D eigenvalue weighted by atomic mass is 16.2. The van der Waals surface area contributed by atoms with Crippen LogP contribution in [-0.2, 0) is 11.3 Å². The lowest BCUT2D eigenvalue weighted by Crippen LogP contribution is -2.46. The lowest BCUT2D eigenvalue weighted by atomic mass is 10.1. The summed E-state index contributed by atoms with van der Waals surface area (Å²) in [7, 11) is 1.85. The Labute approximate surface area is 107 Å². The van der Waals surface area contributed by atoms with Crippen molar-refractivity contribution in [2.45, 2.75) is 45.3 Å². The Kier molecular flexibility index (Phi) is 3.96. The molecule has 1 aromatic heterocycles. The molecule has 2 rings (SSSR count). The quantitative estimate of drug-likeness (QED) is 0.849. The van der Waals surface area contributed by atoms with Gasteiger partial charge in [-0.3, -0.25) is 4.79 Å². The van der Waals surface area contributed by atoms with Gasteiger partial charge in [-0.25, -0.2) is 9.67 Å². The topological polar surface area (TPSA) is 63.1 Å². The van der Waals surface area contributed by atoms with Crippen molar-refractivity contribution in [2.75, 3.05) is 13.6 Å². The summed E-state index contributed by atoms with van der Waals surface area (Å²) in [6, 6.07) is 0.671. The normalized spacial score (nSPS) is 20.8. The fourth-order valence-corrected chi connectivity index (χ4v) is 2.25. The molecule has 1 aliphatic rings. The number of likely N-dealkylation sites (tertiary alicyclic amines) is 1. The highest BCUT2D eigenvalue weighted by Gasteiger charge is 2.22. The van der Waals surface area contributed by atoms with Gasteiger partial charge < -0.3 is 10.2 Å². The highest BCUT2D eigenvalue weighted by Crippen LogP contribution is 2.11. The van der Waals surface area contributed by atoms with E-state index in [-0.39, 0.29) is 5.91 Å². The van der Waals surface area contributed by atoms with Gasteiger partial charge in [0.1, 0.15) is 12.2 Å². The molecular weight excluding hydrogens is 230 g/mol. The zero-order chi connectivity index (χ0) is 13.1. The monoisotopic (exact) mass is 251 g/mol. The second-order valence-electron chi connectivity index (χ2n) is 5.11. The van der Waals surface area contributed by atoms with Crippen molar-refractivity contribution in [3.05, 3.63) is 12.2 Å². The van der Waals surface area contributed by atoms with E-state index in [9.17, 15) is 4.79 Å². The average Bonchev–Trinajstić information content (AvgIpc) is 2.79. The number of amides is 1. The molecular formula is C12H21N5O. The summed E-state index contributed by atoms with van der Waals surface area (Å²) in [6.45, 7) is 5.65. The van der Waals surface area contributed by atoms with Crippen molar-refractivity contribution in [1.29, 1.82) is 0 Å². The largest absolute Gasteiger partial charge is 0.344 e. The number of likely N-dealkylation sites (N-methyl/N-ethyl adjacent to an activating group) is 1. The second-order valence-corrected chi connectivity index (χ2v) is 5.11. The van der Waals surface area contributed by atoms with E-state index in [1.165, 1.54) is 0 Å². The average molecular weight is 251 g/mol. The van der Waals surface area contributed by atoms with Gasteiger partial charge in [0.15, 0.2) is 0 Å². The van der Waals surface area contributed by atoms with E-state index in [0.717, 1.165) is 18.8 Å². The fraction of sp³-hybridized carbons (Fsp3) is 0.750. The summed E-state index contributed by atoms with van der Waals surface area (Å²) in [6.07, 6.45) is 3.12. The molecule has 1 aliphatic heterocycles. The third-order valence-electron chi connectivity index (χ3n) is 3.31. The minimum absolute atomic E-state index is 0.235. The third-order valence-corrected chi connectivity index (χ3v) is 3.31. The molecule has 1 saturated heterocycles. The molecule has 1 fully saturated rings. The van der Waals surface area contributed by atoms with Crippen LogP contribution in [0.3, 0.4) is 0 Å². The molecule has 6 heteroatoms. The number of aromatic nitrogens is 3. The first-order valence-electron chi connectivity index (χ1n) is 6.43.